The Morgan fingerprint density at radius 3 is 2.41 bits per heavy atom. The molecule has 8 heteroatoms. The van der Waals surface area contributed by atoms with Gasteiger partial charge in [0.1, 0.15) is 12.4 Å². The molecule has 0 aromatic heterocycles. The molecule has 0 fully saturated rings. The third-order valence-electron chi connectivity index (χ3n) is 4.30. The molecule has 0 unspecified atom stereocenters. The summed E-state index contributed by atoms with van der Waals surface area (Å²) in [6, 6.07) is 22.0. The summed E-state index contributed by atoms with van der Waals surface area (Å²) in [6.07, 6.45) is 1.63. The molecule has 0 aliphatic carbocycles. The third kappa shape index (κ3) is 7.83. The number of nitrogens with zero attached hydrogens (tertiary/aromatic N) is 1. The van der Waals surface area contributed by atoms with Crippen LogP contribution in [0.3, 0.4) is 0 Å². The second-order valence-electron chi connectivity index (χ2n) is 6.81. The molecule has 2 N–H and O–H groups in total. The summed E-state index contributed by atoms with van der Waals surface area (Å²) >= 11 is 9.37. The van der Waals surface area contributed by atoms with Crippen LogP contribution in [0, 0.1) is 0 Å². The number of amides is 2. The van der Waals surface area contributed by atoms with Crippen LogP contribution in [0.2, 0.25) is 5.02 Å². The van der Waals surface area contributed by atoms with Gasteiger partial charge in [-0.1, -0.05) is 41.9 Å². The molecule has 0 aliphatic heterocycles. The maximum Gasteiger partial charge on any atom is 0.240 e. The summed E-state index contributed by atoms with van der Waals surface area (Å²) in [5.41, 5.74) is 4.91. The van der Waals surface area contributed by atoms with E-state index < -0.39 is 0 Å². The van der Waals surface area contributed by atoms with E-state index in [0.29, 0.717) is 23.1 Å². The fraction of sp³-hybridized carbons (Fsp3) is 0.125. The molecule has 0 saturated heterocycles. The van der Waals surface area contributed by atoms with Gasteiger partial charge >= 0.3 is 0 Å². The van der Waals surface area contributed by atoms with Crippen molar-refractivity contribution < 1.29 is 14.3 Å². The van der Waals surface area contributed by atoms with Gasteiger partial charge in [0.25, 0.3) is 0 Å². The van der Waals surface area contributed by atoms with Gasteiger partial charge in [-0.25, -0.2) is 5.43 Å². The smallest absolute Gasteiger partial charge is 0.240 e. The van der Waals surface area contributed by atoms with E-state index in [1.165, 1.54) is 6.21 Å². The Labute approximate surface area is 199 Å². The van der Waals surface area contributed by atoms with Gasteiger partial charge in [-0.05, 0) is 69.5 Å². The number of hydrogen-bond acceptors (Lipinski definition) is 4. The van der Waals surface area contributed by atoms with E-state index in [4.69, 9.17) is 16.3 Å². The van der Waals surface area contributed by atoms with Crippen LogP contribution in [0.25, 0.3) is 0 Å². The minimum atomic E-state index is -0.341. The van der Waals surface area contributed by atoms with Crippen LogP contribution in [-0.2, 0) is 16.2 Å². The molecular formula is C24H21BrClN3O3. The number of benzene rings is 3. The second kappa shape index (κ2) is 12.0. The van der Waals surface area contributed by atoms with Gasteiger partial charge in [0.2, 0.25) is 11.8 Å². The van der Waals surface area contributed by atoms with Crippen molar-refractivity contribution in [2.24, 2.45) is 5.10 Å². The number of carbonyl (C=O) groups is 2. The zero-order valence-electron chi connectivity index (χ0n) is 17.1. The standard InChI is InChI=1S/C24H21BrClN3O3/c25-21-14-18(8-11-22(21)32-16-17-6-9-19(26)10-7-17)15-27-29-24(31)13-12-23(30)28-20-4-2-1-3-5-20/h1-11,14-15H,12-13,16H2,(H,28,30)(H,29,31). The molecule has 164 valence electrons. The normalized spacial score (nSPS) is 10.7. The van der Waals surface area contributed by atoms with Crippen molar-refractivity contribution in [3.8, 4) is 5.75 Å². The summed E-state index contributed by atoms with van der Waals surface area (Å²) in [6.45, 7) is 0.414. The quantitative estimate of drug-likeness (QED) is 0.290. The number of anilines is 1. The highest BCUT2D eigenvalue weighted by atomic mass is 79.9. The number of carbonyl (C=O) groups excluding carboxylic acids is 2. The van der Waals surface area contributed by atoms with Crippen LogP contribution in [0.4, 0.5) is 5.69 Å². The zero-order chi connectivity index (χ0) is 22.8. The molecule has 0 atom stereocenters. The molecule has 0 heterocycles. The maximum absolute atomic E-state index is 11.9. The van der Waals surface area contributed by atoms with Crippen molar-refractivity contribution in [3.63, 3.8) is 0 Å². The highest BCUT2D eigenvalue weighted by molar-refractivity contribution is 9.10. The molecule has 6 nitrogen and oxygen atoms in total. The zero-order valence-corrected chi connectivity index (χ0v) is 19.4. The lowest BCUT2D eigenvalue weighted by Gasteiger charge is -2.09. The number of ether oxygens (including phenoxy) is 1. The van der Waals surface area contributed by atoms with E-state index in [1.54, 1.807) is 12.1 Å². The summed E-state index contributed by atoms with van der Waals surface area (Å²) in [5.74, 6) is 0.116. The highest BCUT2D eigenvalue weighted by Crippen LogP contribution is 2.26. The fourth-order valence-electron chi connectivity index (χ4n) is 2.66. The van der Waals surface area contributed by atoms with Crippen molar-refractivity contribution in [2.75, 3.05) is 5.32 Å². The fourth-order valence-corrected chi connectivity index (χ4v) is 3.30. The summed E-state index contributed by atoms with van der Waals surface area (Å²) < 4.78 is 6.58. The predicted octanol–water partition coefficient (Wildman–Crippen LogP) is 5.55. The monoisotopic (exact) mass is 513 g/mol. The van der Waals surface area contributed by atoms with Crippen LogP contribution in [0.1, 0.15) is 24.0 Å². The molecular weight excluding hydrogens is 494 g/mol. The molecule has 0 spiro atoms. The van der Waals surface area contributed by atoms with E-state index in [0.717, 1.165) is 15.6 Å². The Morgan fingerprint density at radius 2 is 1.69 bits per heavy atom. The highest BCUT2D eigenvalue weighted by Gasteiger charge is 2.07. The maximum atomic E-state index is 11.9. The summed E-state index contributed by atoms with van der Waals surface area (Å²) in [4.78, 5) is 23.8. The molecule has 32 heavy (non-hydrogen) atoms. The number of hydrazone groups is 1. The van der Waals surface area contributed by atoms with Gasteiger partial charge in [-0.15, -0.1) is 0 Å². The lowest BCUT2D eigenvalue weighted by atomic mass is 10.2. The van der Waals surface area contributed by atoms with Gasteiger partial charge in [-0.2, -0.15) is 5.10 Å². The van der Waals surface area contributed by atoms with E-state index in [9.17, 15) is 9.59 Å². The number of rotatable bonds is 9. The van der Waals surface area contributed by atoms with Gasteiger partial charge in [0.15, 0.2) is 0 Å². The first kappa shape index (κ1) is 23.5. The largest absolute Gasteiger partial charge is 0.488 e. The van der Waals surface area contributed by atoms with Crippen molar-refractivity contribution in [1.82, 2.24) is 5.43 Å². The van der Waals surface area contributed by atoms with E-state index in [-0.39, 0.29) is 24.7 Å². The van der Waals surface area contributed by atoms with Crippen molar-refractivity contribution >= 4 is 51.2 Å². The first-order chi connectivity index (χ1) is 15.5. The predicted molar refractivity (Wildman–Crippen MR) is 130 cm³/mol. The minimum absolute atomic E-state index is 0.0389. The first-order valence-electron chi connectivity index (χ1n) is 9.83. The Bertz CT molecular complexity index is 1090. The molecule has 2 amide bonds. The molecule has 0 radical (unpaired) electrons. The average molecular weight is 515 g/mol. The van der Waals surface area contributed by atoms with Crippen molar-refractivity contribution in [3.05, 3.63) is 93.4 Å². The molecule has 0 bridgehead atoms. The van der Waals surface area contributed by atoms with E-state index >= 15 is 0 Å². The van der Waals surface area contributed by atoms with Crippen LogP contribution in [0.5, 0.6) is 5.75 Å². The summed E-state index contributed by atoms with van der Waals surface area (Å²) in [5, 5.41) is 7.36. The SMILES string of the molecule is O=C(CCC(=O)Nc1ccccc1)NN=Cc1ccc(OCc2ccc(Cl)cc2)c(Br)c1. The lowest BCUT2D eigenvalue weighted by Crippen LogP contribution is -2.20. The lowest BCUT2D eigenvalue weighted by molar-refractivity contribution is -0.124. The topological polar surface area (TPSA) is 79.8 Å². The Morgan fingerprint density at radius 1 is 0.969 bits per heavy atom. The Hall–Kier alpha value is -3.16. The van der Waals surface area contributed by atoms with Crippen molar-refractivity contribution in [1.29, 1.82) is 0 Å². The molecule has 0 aliphatic rings. The average Bonchev–Trinajstić information content (AvgIpc) is 2.79. The van der Waals surface area contributed by atoms with E-state index in [2.05, 4.69) is 31.8 Å². The molecule has 3 aromatic carbocycles. The van der Waals surface area contributed by atoms with Gasteiger partial charge in [0, 0.05) is 23.6 Å². The van der Waals surface area contributed by atoms with E-state index in [1.807, 2.05) is 60.7 Å². The molecule has 3 rings (SSSR count). The number of hydrogen-bond donors (Lipinski definition) is 2. The Balaban J connectivity index is 1.42. The van der Waals surface area contributed by atoms with Gasteiger partial charge < -0.3 is 10.1 Å². The van der Waals surface area contributed by atoms with Crippen LogP contribution in [-0.4, -0.2) is 18.0 Å². The van der Waals surface area contributed by atoms with Crippen LogP contribution in [0.15, 0.2) is 82.4 Å². The van der Waals surface area contributed by atoms with Gasteiger partial charge in [0.05, 0.1) is 10.7 Å². The van der Waals surface area contributed by atoms with Crippen LogP contribution >= 0.6 is 27.5 Å². The minimum Gasteiger partial charge on any atom is -0.488 e. The summed E-state index contributed by atoms with van der Waals surface area (Å²) in [7, 11) is 0. The molecule has 3 aromatic rings. The number of nitrogens with one attached hydrogen (secondary N) is 2. The molecule has 0 saturated carbocycles. The number of para-hydroxylation sites is 1. The third-order valence-corrected chi connectivity index (χ3v) is 5.17. The van der Waals surface area contributed by atoms with Crippen LogP contribution < -0.4 is 15.5 Å². The first-order valence-corrected chi connectivity index (χ1v) is 11.0. The van der Waals surface area contributed by atoms with Gasteiger partial charge in [-0.3, -0.25) is 9.59 Å². The van der Waals surface area contributed by atoms with Crippen molar-refractivity contribution in [2.45, 2.75) is 19.4 Å². The Kier molecular flexibility index (Phi) is 8.83. The number of halogens is 2. The second-order valence-corrected chi connectivity index (χ2v) is 8.10.